The summed E-state index contributed by atoms with van der Waals surface area (Å²) >= 11 is 0. The lowest BCUT2D eigenvalue weighted by Gasteiger charge is -2.27. The molecule has 0 N–H and O–H groups in total. The van der Waals surface area contributed by atoms with Crippen molar-refractivity contribution < 1.29 is 0 Å². The van der Waals surface area contributed by atoms with Gasteiger partial charge < -0.3 is 0 Å². The normalized spacial score (nSPS) is 17.1. The number of fused-ring (bicyclic) bond motifs is 2. The fourth-order valence-electron chi connectivity index (χ4n) is 6.46. The molecule has 4 aromatic rings. The molecule has 0 heteroatoms. The molecule has 0 aliphatic heterocycles. The first-order valence-electron chi connectivity index (χ1n) is 14.4. The van der Waals surface area contributed by atoms with Crippen LogP contribution >= 0.6 is 0 Å². The topological polar surface area (TPSA) is 0 Å². The molecule has 0 spiro atoms. The Hall–Kier alpha value is -3.64. The first-order chi connectivity index (χ1) is 18.5. The molecule has 0 saturated heterocycles. The van der Waals surface area contributed by atoms with E-state index >= 15 is 0 Å². The average Bonchev–Trinajstić information content (AvgIpc) is 3.43. The van der Waals surface area contributed by atoms with E-state index in [4.69, 9.17) is 0 Å². The minimum atomic E-state index is 0.0745. The molecule has 196 valence electrons. The van der Waals surface area contributed by atoms with E-state index < -0.39 is 0 Å². The summed E-state index contributed by atoms with van der Waals surface area (Å²) in [5, 5.41) is 0. The molecule has 6 rings (SSSR count). The van der Waals surface area contributed by atoms with Gasteiger partial charge in [0.1, 0.15) is 0 Å². The zero-order chi connectivity index (χ0) is 27.5. The van der Waals surface area contributed by atoms with Gasteiger partial charge in [0, 0.05) is 5.92 Å². The Morgan fingerprint density at radius 1 is 0.564 bits per heavy atom. The third-order valence-electron chi connectivity index (χ3n) is 8.70. The standard InChI is InChI=1S/C39H40/c1-25-31-18-13-14-20-33(31)37(35(25)26-15-9-8-10-16-26)36-32-19-12-11-17-27(32)23-34(36)28-21-29(38(2,3)4)24-30(22-28)39(5,6)7/h8-22,24-25H,23H2,1-7H3. The van der Waals surface area contributed by atoms with Crippen LogP contribution < -0.4 is 0 Å². The van der Waals surface area contributed by atoms with Crippen LogP contribution in [0, 0.1) is 0 Å². The average molecular weight is 509 g/mol. The van der Waals surface area contributed by atoms with Crippen LogP contribution in [0.4, 0.5) is 0 Å². The van der Waals surface area contributed by atoms with Crippen molar-refractivity contribution in [1.82, 2.24) is 0 Å². The summed E-state index contributed by atoms with van der Waals surface area (Å²) in [6, 6.07) is 36.6. The molecule has 0 heterocycles. The maximum absolute atomic E-state index is 2.48. The zero-order valence-corrected chi connectivity index (χ0v) is 24.5. The van der Waals surface area contributed by atoms with Gasteiger partial charge >= 0.3 is 0 Å². The van der Waals surface area contributed by atoms with Gasteiger partial charge in [0.25, 0.3) is 0 Å². The van der Waals surface area contributed by atoms with Gasteiger partial charge in [-0.25, -0.2) is 0 Å². The molecule has 1 atom stereocenters. The predicted octanol–water partition coefficient (Wildman–Crippen LogP) is 10.5. The molecular formula is C39H40. The molecule has 0 radical (unpaired) electrons. The minimum absolute atomic E-state index is 0.0745. The van der Waals surface area contributed by atoms with E-state index in [1.54, 1.807) is 0 Å². The van der Waals surface area contributed by atoms with Crippen molar-refractivity contribution >= 4 is 22.3 Å². The van der Waals surface area contributed by atoms with Gasteiger partial charge in [-0.3, -0.25) is 0 Å². The van der Waals surface area contributed by atoms with Gasteiger partial charge in [-0.2, -0.15) is 0 Å². The third kappa shape index (κ3) is 4.41. The van der Waals surface area contributed by atoms with E-state index in [1.165, 1.54) is 66.8 Å². The Bertz CT molecular complexity index is 1600. The highest BCUT2D eigenvalue weighted by Gasteiger charge is 2.35. The first-order valence-corrected chi connectivity index (χ1v) is 14.4. The van der Waals surface area contributed by atoms with Crippen LogP contribution in [0.2, 0.25) is 0 Å². The van der Waals surface area contributed by atoms with Gasteiger partial charge in [-0.1, -0.05) is 146 Å². The monoisotopic (exact) mass is 508 g/mol. The van der Waals surface area contributed by atoms with E-state index in [-0.39, 0.29) is 10.8 Å². The second-order valence-electron chi connectivity index (χ2n) is 13.5. The molecule has 0 nitrogen and oxygen atoms in total. The maximum atomic E-state index is 2.48. The molecule has 0 aromatic heterocycles. The summed E-state index contributed by atoms with van der Waals surface area (Å²) in [5.74, 6) is 0.339. The molecule has 0 bridgehead atoms. The Kier molecular flexibility index (Phi) is 6.07. The van der Waals surface area contributed by atoms with E-state index in [2.05, 4.69) is 146 Å². The first kappa shape index (κ1) is 25.6. The van der Waals surface area contributed by atoms with Crippen LogP contribution in [0.15, 0.2) is 97.1 Å². The van der Waals surface area contributed by atoms with Crippen molar-refractivity contribution in [3.05, 3.63) is 142 Å². The molecule has 39 heavy (non-hydrogen) atoms. The number of hydrogen-bond acceptors (Lipinski definition) is 0. The van der Waals surface area contributed by atoms with Crippen molar-refractivity contribution in [3.8, 4) is 0 Å². The smallest absolute Gasteiger partial charge is 0.00794 e. The lowest BCUT2D eigenvalue weighted by molar-refractivity contribution is 0.568. The van der Waals surface area contributed by atoms with Crippen molar-refractivity contribution in [2.45, 2.75) is 71.6 Å². The quantitative estimate of drug-likeness (QED) is 0.258. The molecule has 2 aliphatic rings. The SMILES string of the molecule is CC1C(c2ccccc2)=C(C2=C(c3cc(C(C)(C)C)cc(C(C)(C)C)c3)Cc3ccccc32)c2ccccc21. The minimum Gasteiger partial charge on any atom is -0.0622 e. The summed E-state index contributed by atoms with van der Waals surface area (Å²) in [6.45, 7) is 16.4. The molecule has 1 unspecified atom stereocenters. The van der Waals surface area contributed by atoms with E-state index in [0.717, 1.165) is 6.42 Å². The number of allylic oxidation sites excluding steroid dienone is 4. The molecule has 2 aliphatic carbocycles. The largest absolute Gasteiger partial charge is 0.0622 e. The summed E-state index contributed by atoms with van der Waals surface area (Å²) in [7, 11) is 0. The van der Waals surface area contributed by atoms with Crippen LogP contribution in [-0.2, 0) is 17.3 Å². The Morgan fingerprint density at radius 2 is 1.13 bits per heavy atom. The van der Waals surface area contributed by atoms with Gasteiger partial charge in [-0.15, -0.1) is 0 Å². The third-order valence-corrected chi connectivity index (χ3v) is 8.70. The Balaban J connectivity index is 1.72. The van der Waals surface area contributed by atoms with E-state index in [1.807, 2.05) is 0 Å². The molecular weight excluding hydrogens is 468 g/mol. The fourth-order valence-corrected chi connectivity index (χ4v) is 6.46. The van der Waals surface area contributed by atoms with Crippen LogP contribution in [0.5, 0.6) is 0 Å². The van der Waals surface area contributed by atoms with E-state index in [0.29, 0.717) is 5.92 Å². The number of hydrogen-bond donors (Lipinski definition) is 0. The molecule has 0 fully saturated rings. The van der Waals surface area contributed by atoms with Crippen LogP contribution in [0.1, 0.15) is 98.9 Å². The van der Waals surface area contributed by atoms with Crippen LogP contribution in [-0.4, -0.2) is 0 Å². The van der Waals surface area contributed by atoms with Crippen molar-refractivity contribution in [2.75, 3.05) is 0 Å². The number of rotatable bonds is 3. The van der Waals surface area contributed by atoms with Gasteiger partial charge in [0.05, 0.1) is 0 Å². The van der Waals surface area contributed by atoms with Crippen molar-refractivity contribution in [3.63, 3.8) is 0 Å². The summed E-state index contributed by atoms with van der Waals surface area (Å²) < 4.78 is 0. The molecule has 0 saturated carbocycles. The van der Waals surface area contributed by atoms with E-state index in [9.17, 15) is 0 Å². The van der Waals surface area contributed by atoms with Gasteiger partial charge in [-0.05, 0) is 84.1 Å². The van der Waals surface area contributed by atoms with Gasteiger partial charge in [0.15, 0.2) is 0 Å². The van der Waals surface area contributed by atoms with Crippen LogP contribution in [0.25, 0.3) is 22.3 Å². The fraction of sp³-hybridized carbons (Fsp3) is 0.282. The molecule has 4 aromatic carbocycles. The van der Waals surface area contributed by atoms with Gasteiger partial charge in [0.2, 0.25) is 0 Å². The highest BCUT2D eigenvalue weighted by atomic mass is 14.4. The zero-order valence-electron chi connectivity index (χ0n) is 24.5. The second kappa shape index (κ2) is 9.23. The second-order valence-corrected chi connectivity index (χ2v) is 13.5. The highest BCUT2D eigenvalue weighted by Crippen LogP contribution is 2.56. The lowest BCUT2D eigenvalue weighted by atomic mass is 9.78. The number of benzene rings is 4. The van der Waals surface area contributed by atoms with Crippen LogP contribution in [0.3, 0.4) is 0 Å². The van der Waals surface area contributed by atoms with Crippen molar-refractivity contribution in [2.24, 2.45) is 0 Å². The molecule has 0 amide bonds. The highest BCUT2D eigenvalue weighted by molar-refractivity contribution is 6.26. The van der Waals surface area contributed by atoms with Crippen molar-refractivity contribution in [1.29, 1.82) is 0 Å². The Labute approximate surface area is 235 Å². The summed E-state index contributed by atoms with van der Waals surface area (Å²) in [6.07, 6.45) is 0.963. The lowest BCUT2D eigenvalue weighted by Crippen LogP contribution is -2.17. The predicted molar refractivity (Wildman–Crippen MR) is 169 cm³/mol. The maximum Gasteiger partial charge on any atom is 0.00794 e. The summed E-state index contributed by atoms with van der Waals surface area (Å²) in [5.41, 5.74) is 17.0. The Morgan fingerprint density at radius 3 is 1.77 bits per heavy atom. The summed E-state index contributed by atoms with van der Waals surface area (Å²) in [4.78, 5) is 0.